The predicted octanol–water partition coefficient (Wildman–Crippen LogP) is 2.78. The molecule has 140 valence electrons. The van der Waals surface area contributed by atoms with Gasteiger partial charge in [-0.25, -0.2) is 0 Å². The Bertz CT molecular complexity index is 895. The third-order valence-electron chi connectivity index (χ3n) is 3.94. The number of benzene rings is 2. The number of amides is 3. The van der Waals surface area contributed by atoms with Crippen LogP contribution in [0, 0.1) is 0 Å². The second-order valence-corrected chi connectivity index (χ2v) is 5.89. The minimum absolute atomic E-state index is 0.150. The van der Waals surface area contributed by atoms with Crippen molar-refractivity contribution in [3.8, 4) is 0 Å². The molecule has 0 unspecified atom stereocenters. The lowest BCUT2D eigenvalue weighted by molar-refractivity contribution is -0.137. The molecule has 2 aromatic carbocycles. The summed E-state index contributed by atoms with van der Waals surface area (Å²) in [6.07, 6.45) is -4.84. The molecule has 3 amide bonds. The molecule has 0 fully saturated rings. The van der Waals surface area contributed by atoms with Crippen LogP contribution in [0.5, 0.6) is 0 Å². The number of carbonyl (C=O) groups is 3. The Morgan fingerprint density at radius 1 is 1.04 bits per heavy atom. The molecule has 0 saturated carbocycles. The van der Waals surface area contributed by atoms with Crippen molar-refractivity contribution in [2.45, 2.75) is 18.6 Å². The number of carbonyl (C=O) groups excluding carboxylic acids is 3. The molecule has 0 spiro atoms. The molecule has 0 saturated heterocycles. The summed E-state index contributed by atoms with van der Waals surface area (Å²) in [5.41, 5.74) is -0.0764. The van der Waals surface area contributed by atoms with E-state index in [1.165, 1.54) is 6.07 Å². The maximum absolute atomic E-state index is 12.5. The summed E-state index contributed by atoms with van der Waals surface area (Å²) in [7, 11) is 0. The van der Waals surface area contributed by atoms with Gasteiger partial charge in [-0.1, -0.05) is 12.1 Å². The fourth-order valence-electron chi connectivity index (χ4n) is 2.60. The average Bonchev–Trinajstić information content (AvgIpc) is 2.71. The molecule has 1 heterocycles. The van der Waals surface area contributed by atoms with Crippen LogP contribution in [-0.4, -0.2) is 23.8 Å². The van der Waals surface area contributed by atoms with Crippen molar-refractivity contribution < 1.29 is 27.6 Å². The maximum atomic E-state index is 12.5. The summed E-state index contributed by atoms with van der Waals surface area (Å²) in [6, 6.07) is 9.20. The van der Waals surface area contributed by atoms with E-state index in [0.717, 1.165) is 24.3 Å². The van der Waals surface area contributed by atoms with Crippen molar-refractivity contribution in [2.75, 3.05) is 10.6 Å². The highest BCUT2D eigenvalue weighted by atomic mass is 19.4. The molecule has 0 bridgehead atoms. The first kappa shape index (κ1) is 18.4. The van der Waals surface area contributed by atoms with Gasteiger partial charge in [0.05, 0.1) is 23.2 Å². The molecule has 0 radical (unpaired) electrons. The number of rotatable bonds is 3. The lowest BCUT2D eigenvalue weighted by Crippen LogP contribution is -2.43. The van der Waals surface area contributed by atoms with Gasteiger partial charge in [0.25, 0.3) is 5.91 Å². The Morgan fingerprint density at radius 3 is 2.37 bits per heavy atom. The highest BCUT2D eigenvalue weighted by Crippen LogP contribution is 2.29. The van der Waals surface area contributed by atoms with E-state index in [1.807, 2.05) is 0 Å². The third-order valence-corrected chi connectivity index (χ3v) is 3.94. The Morgan fingerprint density at radius 2 is 1.70 bits per heavy atom. The second kappa shape index (κ2) is 7.10. The number of para-hydroxylation sites is 1. The summed E-state index contributed by atoms with van der Waals surface area (Å²) in [6.45, 7) is 0. The zero-order chi connectivity index (χ0) is 19.6. The van der Waals surface area contributed by atoms with Crippen molar-refractivity contribution in [3.05, 3.63) is 59.7 Å². The highest BCUT2D eigenvalue weighted by molar-refractivity contribution is 6.11. The summed E-state index contributed by atoms with van der Waals surface area (Å²) < 4.78 is 37.6. The highest BCUT2D eigenvalue weighted by Gasteiger charge is 2.31. The van der Waals surface area contributed by atoms with Crippen LogP contribution in [0.3, 0.4) is 0 Å². The van der Waals surface area contributed by atoms with Gasteiger partial charge in [-0.15, -0.1) is 0 Å². The largest absolute Gasteiger partial charge is 0.416 e. The Labute approximate surface area is 151 Å². The van der Waals surface area contributed by atoms with E-state index in [9.17, 15) is 27.6 Å². The van der Waals surface area contributed by atoms with E-state index in [4.69, 9.17) is 0 Å². The van der Waals surface area contributed by atoms with Crippen molar-refractivity contribution in [3.63, 3.8) is 0 Å². The monoisotopic (exact) mass is 377 g/mol. The van der Waals surface area contributed by atoms with Crippen LogP contribution in [0.25, 0.3) is 0 Å². The van der Waals surface area contributed by atoms with E-state index < -0.39 is 35.5 Å². The van der Waals surface area contributed by atoms with Gasteiger partial charge in [-0.2, -0.15) is 13.2 Å². The predicted molar refractivity (Wildman–Crippen MR) is 91.0 cm³/mol. The molecule has 0 aromatic heterocycles. The van der Waals surface area contributed by atoms with Crippen LogP contribution >= 0.6 is 0 Å². The Balaban J connectivity index is 1.66. The average molecular weight is 377 g/mol. The molecule has 9 heteroatoms. The first-order chi connectivity index (χ1) is 12.7. The van der Waals surface area contributed by atoms with E-state index in [2.05, 4.69) is 16.0 Å². The number of nitrogens with one attached hydrogen (secondary N) is 3. The molecule has 3 N–H and O–H groups in total. The lowest BCUT2D eigenvalue weighted by Gasteiger charge is -2.14. The van der Waals surface area contributed by atoms with E-state index in [0.29, 0.717) is 5.69 Å². The van der Waals surface area contributed by atoms with Crippen LogP contribution in [0.15, 0.2) is 48.5 Å². The van der Waals surface area contributed by atoms with Gasteiger partial charge in [-0.05, 0) is 36.4 Å². The van der Waals surface area contributed by atoms with E-state index in [-0.39, 0.29) is 17.7 Å². The number of hydrogen-bond donors (Lipinski definition) is 3. The van der Waals surface area contributed by atoms with Gasteiger partial charge >= 0.3 is 6.18 Å². The number of anilines is 2. The zero-order valence-corrected chi connectivity index (χ0v) is 13.8. The van der Waals surface area contributed by atoms with Gasteiger partial charge in [0, 0.05) is 5.69 Å². The molecular formula is C18H14F3N3O3. The van der Waals surface area contributed by atoms with Crippen LogP contribution in [0.4, 0.5) is 24.5 Å². The normalized spacial score (nSPS) is 16.6. The number of fused-ring (bicyclic) bond motifs is 1. The molecule has 0 aliphatic carbocycles. The minimum atomic E-state index is -4.47. The smallest absolute Gasteiger partial charge is 0.340 e. The Kier molecular flexibility index (Phi) is 4.85. The topological polar surface area (TPSA) is 87.3 Å². The second-order valence-electron chi connectivity index (χ2n) is 5.89. The molecule has 1 aliphatic heterocycles. The minimum Gasteiger partial charge on any atom is -0.340 e. The molecular weight excluding hydrogens is 363 g/mol. The van der Waals surface area contributed by atoms with Gasteiger partial charge in [0.2, 0.25) is 11.8 Å². The maximum Gasteiger partial charge on any atom is 0.416 e. The third kappa shape index (κ3) is 4.25. The Hall–Kier alpha value is -3.36. The fourth-order valence-corrected chi connectivity index (χ4v) is 2.60. The van der Waals surface area contributed by atoms with E-state index >= 15 is 0 Å². The quantitative estimate of drug-likeness (QED) is 0.769. The summed E-state index contributed by atoms with van der Waals surface area (Å²) >= 11 is 0. The standard InChI is InChI=1S/C18H14F3N3O3/c19-18(20,21)10-5-7-11(8-6-10)22-15(25)9-14-17(27)23-13-4-2-1-3-12(13)16(26)24-14/h1-8,14H,9H2,(H,22,25)(H,23,27)(H,24,26)/t14-/m0/s1. The van der Waals surface area contributed by atoms with Crippen molar-refractivity contribution in [2.24, 2.45) is 0 Å². The molecule has 6 nitrogen and oxygen atoms in total. The molecule has 3 rings (SSSR count). The first-order valence-electron chi connectivity index (χ1n) is 7.92. The lowest BCUT2D eigenvalue weighted by atomic mass is 10.1. The molecule has 1 aliphatic rings. The van der Waals surface area contributed by atoms with E-state index in [1.54, 1.807) is 18.2 Å². The number of alkyl halides is 3. The van der Waals surface area contributed by atoms with Gasteiger partial charge in [0.15, 0.2) is 0 Å². The van der Waals surface area contributed by atoms with Crippen molar-refractivity contribution in [1.82, 2.24) is 5.32 Å². The zero-order valence-electron chi connectivity index (χ0n) is 13.8. The van der Waals surface area contributed by atoms with Gasteiger partial charge < -0.3 is 16.0 Å². The summed E-state index contributed by atoms with van der Waals surface area (Å²) in [4.78, 5) is 36.6. The number of halogens is 3. The van der Waals surface area contributed by atoms with Crippen LogP contribution < -0.4 is 16.0 Å². The summed E-state index contributed by atoms with van der Waals surface area (Å²) in [5.74, 6) is -1.69. The SMILES string of the molecule is O=C(C[C@@H]1NC(=O)c2ccccc2NC1=O)Nc1ccc(C(F)(F)F)cc1. The van der Waals surface area contributed by atoms with Crippen LogP contribution in [-0.2, 0) is 15.8 Å². The number of hydrogen-bond acceptors (Lipinski definition) is 3. The molecule has 2 aromatic rings. The van der Waals surface area contributed by atoms with Crippen LogP contribution in [0.2, 0.25) is 0 Å². The van der Waals surface area contributed by atoms with Crippen LogP contribution in [0.1, 0.15) is 22.3 Å². The molecule has 27 heavy (non-hydrogen) atoms. The van der Waals surface area contributed by atoms with Crippen molar-refractivity contribution >= 4 is 29.1 Å². The fraction of sp³-hybridized carbons (Fsp3) is 0.167. The van der Waals surface area contributed by atoms with Gasteiger partial charge in [-0.3, -0.25) is 14.4 Å². The molecule has 1 atom stereocenters. The van der Waals surface area contributed by atoms with Gasteiger partial charge in [0.1, 0.15) is 6.04 Å². The first-order valence-corrected chi connectivity index (χ1v) is 7.92. The summed E-state index contributed by atoms with van der Waals surface area (Å²) in [5, 5.41) is 7.45. The van der Waals surface area contributed by atoms with Crippen molar-refractivity contribution in [1.29, 1.82) is 0 Å².